The van der Waals surface area contributed by atoms with Crippen LogP contribution in [-0.4, -0.2) is 43.5 Å². The first-order chi connectivity index (χ1) is 18.6. The Balaban J connectivity index is 1.54. The molecule has 0 unspecified atom stereocenters. The summed E-state index contributed by atoms with van der Waals surface area (Å²) in [5.74, 6) is -2.09. The van der Waals surface area contributed by atoms with Crippen LogP contribution in [-0.2, 0) is 14.4 Å². The molecule has 3 aromatic heterocycles. The average Bonchev–Trinajstić information content (AvgIpc) is 3.40. The Morgan fingerprint density at radius 1 is 0.795 bits per heavy atom. The summed E-state index contributed by atoms with van der Waals surface area (Å²) in [7, 11) is 0. The van der Waals surface area contributed by atoms with Crippen LogP contribution < -0.4 is 10.6 Å². The number of nitrogens with one attached hydrogen (secondary N) is 2. The Bertz CT molecular complexity index is 1430. The van der Waals surface area contributed by atoms with Crippen LogP contribution in [0.25, 0.3) is 22.3 Å². The van der Waals surface area contributed by atoms with Crippen molar-refractivity contribution in [2.45, 2.75) is 39.3 Å². The van der Waals surface area contributed by atoms with E-state index in [9.17, 15) is 19.5 Å². The van der Waals surface area contributed by atoms with Gasteiger partial charge >= 0.3 is 5.97 Å². The van der Waals surface area contributed by atoms with Crippen molar-refractivity contribution in [3.05, 3.63) is 91.8 Å². The van der Waals surface area contributed by atoms with Gasteiger partial charge in [-0.3, -0.25) is 24.4 Å². The minimum Gasteiger partial charge on any atom is -0.481 e. The fraction of sp³-hybridized carbons (Fsp3) is 0.233. The van der Waals surface area contributed by atoms with Crippen molar-refractivity contribution in [3.8, 4) is 22.3 Å². The van der Waals surface area contributed by atoms with Crippen LogP contribution in [0.5, 0.6) is 0 Å². The Kier molecular flexibility index (Phi) is 8.19. The lowest BCUT2D eigenvalue weighted by atomic mass is 9.85. The van der Waals surface area contributed by atoms with E-state index < -0.39 is 41.7 Å². The van der Waals surface area contributed by atoms with E-state index in [2.05, 4.69) is 20.6 Å². The molecular weight excluding hydrogens is 494 g/mol. The maximum absolute atomic E-state index is 13.5. The third-order valence-electron chi connectivity index (χ3n) is 6.34. The molecule has 0 aliphatic carbocycles. The second-order valence-corrected chi connectivity index (χ2v) is 10.3. The summed E-state index contributed by atoms with van der Waals surface area (Å²) < 4.78 is 1.58. The second-order valence-electron chi connectivity index (χ2n) is 10.3. The van der Waals surface area contributed by atoms with Crippen LogP contribution in [0.4, 0.5) is 5.69 Å². The van der Waals surface area contributed by atoms with E-state index in [-0.39, 0.29) is 0 Å². The molecule has 9 heteroatoms. The normalized spacial score (nSPS) is 12.8. The van der Waals surface area contributed by atoms with Gasteiger partial charge in [-0.1, -0.05) is 45.0 Å². The van der Waals surface area contributed by atoms with Gasteiger partial charge in [0.2, 0.25) is 11.8 Å². The molecule has 2 atom stereocenters. The van der Waals surface area contributed by atoms with E-state index in [0.29, 0.717) is 5.69 Å². The van der Waals surface area contributed by atoms with Crippen molar-refractivity contribution in [1.82, 2.24) is 19.9 Å². The summed E-state index contributed by atoms with van der Waals surface area (Å²) in [4.78, 5) is 46.3. The topological polar surface area (TPSA) is 126 Å². The first-order valence-electron chi connectivity index (χ1n) is 12.5. The number of rotatable bonds is 9. The number of carboxylic acids is 1. The maximum atomic E-state index is 13.5. The van der Waals surface area contributed by atoms with Crippen LogP contribution in [0.15, 0.2) is 91.8 Å². The number of aromatic nitrogens is 3. The van der Waals surface area contributed by atoms with Gasteiger partial charge < -0.3 is 20.3 Å². The molecule has 0 aliphatic heterocycles. The van der Waals surface area contributed by atoms with Gasteiger partial charge in [0.25, 0.3) is 0 Å². The van der Waals surface area contributed by atoms with Gasteiger partial charge in [-0.15, -0.1) is 0 Å². The lowest BCUT2D eigenvalue weighted by Crippen LogP contribution is -2.53. The molecule has 3 heterocycles. The Labute approximate surface area is 226 Å². The molecule has 0 saturated carbocycles. The number of carboxylic acid groups (broad SMARTS) is 1. The summed E-state index contributed by atoms with van der Waals surface area (Å²) >= 11 is 0. The molecule has 3 N–H and O–H groups in total. The van der Waals surface area contributed by atoms with Gasteiger partial charge in [-0.05, 0) is 58.0 Å². The molecule has 0 fully saturated rings. The van der Waals surface area contributed by atoms with Crippen LogP contribution in [0.3, 0.4) is 0 Å². The third kappa shape index (κ3) is 6.95. The lowest BCUT2D eigenvalue weighted by molar-refractivity contribution is -0.141. The molecule has 0 spiro atoms. The molecule has 0 aliphatic rings. The van der Waals surface area contributed by atoms with Gasteiger partial charge in [0.15, 0.2) is 0 Å². The van der Waals surface area contributed by atoms with Crippen molar-refractivity contribution in [2.75, 3.05) is 5.32 Å². The first-order valence-corrected chi connectivity index (χ1v) is 12.5. The van der Waals surface area contributed by atoms with E-state index in [0.717, 1.165) is 22.3 Å². The smallest absolute Gasteiger partial charge is 0.306 e. The Hall–Kier alpha value is -4.79. The van der Waals surface area contributed by atoms with Gasteiger partial charge in [0.1, 0.15) is 12.1 Å². The molecule has 9 nitrogen and oxygen atoms in total. The average molecular weight is 526 g/mol. The highest BCUT2D eigenvalue weighted by Gasteiger charge is 2.35. The third-order valence-corrected chi connectivity index (χ3v) is 6.34. The molecular formula is C30H31N5O4. The Morgan fingerprint density at radius 3 is 1.90 bits per heavy atom. The highest BCUT2D eigenvalue weighted by molar-refractivity contribution is 5.98. The van der Waals surface area contributed by atoms with Gasteiger partial charge in [-0.25, -0.2) is 0 Å². The van der Waals surface area contributed by atoms with E-state index in [1.165, 1.54) is 0 Å². The monoisotopic (exact) mass is 525 g/mol. The van der Waals surface area contributed by atoms with Gasteiger partial charge in [0.05, 0.1) is 6.42 Å². The summed E-state index contributed by atoms with van der Waals surface area (Å²) in [6.07, 6.45) is 9.58. The molecule has 4 rings (SSSR count). The van der Waals surface area contributed by atoms with Crippen molar-refractivity contribution in [2.24, 2.45) is 5.41 Å². The van der Waals surface area contributed by atoms with Crippen LogP contribution in [0.2, 0.25) is 0 Å². The van der Waals surface area contributed by atoms with Crippen molar-refractivity contribution in [3.63, 3.8) is 0 Å². The number of aliphatic carboxylic acids is 1. The number of pyridine rings is 2. The van der Waals surface area contributed by atoms with Crippen LogP contribution in [0, 0.1) is 5.41 Å². The van der Waals surface area contributed by atoms with Crippen molar-refractivity contribution >= 4 is 23.5 Å². The van der Waals surface area contributed by atoms with Crippen molar-refractivity contribution < 1.29 is 19.5 Å². The maximum Gasteiger partial charge on any atom is 0.306 e. The summed E-state index contributed by atoms with van der Waals surface area (Å²) in [5.41, 5.74) is 3.76. The van der Waals surface area contributed by atoms with E-state index >= 15 is 0 Å². The predicted octanol–water partition coefficient (Wildman–Crippen LogP) is 4.80. The minimum absolute atomic E-state index is 0.404. The molecule has 39 heavy (non-hydrogen) atoms. The zero-order valence-electron chi connectivity index (χ0n) is 22.0. The molecule has 0 radical (unpaired) electrons. The molecule has 1 aromatic carbocycles. The highest BCUT2D eigenvalue weighted by Crippen LogP contribution is 2.27. The van der Waals surface area contributed by atoms with E-state index in [1.54, 1.807) is 53.9 Å². The number of nitrogens with zero attached hydrogens (tertiary/aromatic N) is 3. The Morgan fingerprint density at radius 2 is 1.33 bits per heavy atom. The van der Waals surface area contributed by atoms with Gasteiger partial charge in [0, 0.05) is 42.9 Å². The number of carbonyl (C=O) groups is 3. The molecule has 0 saturated heterocycles. The fourth-order valence-corrected chi connectivity index (χ4v) is 4.24. The summed E-state index contributed by atoms with van der Waals surface area (Å²) in [5, 5.41) is 15.2. The zero-order valence-corrected chi connectivity index (χ0v) is 22.0. The molecule has 2 amide bonds. The standard InChI is InChI=1S/C30H31N5O4/c1-30(2,3)27(29(39)33-24-10-15-32-16-11-24)34-28(38)25(18-26(36)37)35-17-12-23(19-35)21-6-4-20(5-7-21)22-8-13-31-14-9-22/h4-17,19,25,27H,18H2,1-3H3,(H,34,38)(H,36,37)(H,32,33,39)/t25-,27-/m1/s1. The highest BCUT2D eigenvalue weighted by atomic mass is 16.4. The fourth-order valence-electron chi connectivity index (χ4n) is 4.24. The number of carbonyl (C=O) groups excluding carboxylic acids is 2. The van der Waals surface area contributed by atoms with Crippen LogP contribution >= 0.6 is 0 Å². The van der Waals surface area contributed by atoms with Crippen molar-refractivity contribution in [1.29, 1.82) is 0 Å². The molecule has 0 bridgehead atoms. The summed E-state index contributed by atoms with van der Waals surface area (Å²) in [6.45, 7) is 5.50. The summed E-state index contributed by atoms with van der Waals surface area (Å²) in [6, 6.07) is 15.0. The number of anilines is 1. The van der Waals surface area contributed by atoms with Crippen LogP contribution in [0.1, 0.15) is 33.2 Å². The number of hydrogen-bond donors (Lipinski definition) is 3. The zero-order chi connectivity index (χ0) is 28.0. The largest absolute Gasteiger partial charge is 0.481 e. The quantitative estimate of drug-likeness (QED) is 0.288. The van der Waals surface area contributed by atoms with E-state index in [1.807, 2.05) is 63.2 Å². The predicted molar refractivity (Wildman–Crippen MR) is 149 cm³/mol. The molecule has 200 valence electrons. The first kappa shape index (κ1) is 27.3. The number of hydrogen-bond acceptors (Lipinski definition) is 5. The number of benzene rings is 1. The molecule has 4 aromatic rings. The lowest BCUT2D eigenvalue weighted by Gasteiger charge is -2.31. The van der Waals surface area contributed by atoms with E-state index in [4.69, 9.17) is 0 Å². The second kappa shape index (κ2) is 11.7. The van der Waals surface area contributed by atoms with Gasteiger partial charge in [-0.2, -0.15) is 0 Å². The number of amides is 2. The minimum atomic E-state index is -1.12. The SMILES string of the molecule is CC(C)(C)[C@H](NC(=O)[C@@H](CC(=O)O)n1ccc(-c2ccc(-c3ccncc3)cc2)c1)C(=O)Nc1ccncc1.